The molecule has 0 bridgehead atoms. The van der Waals surface area contributed by atoms with Gasteiger partial charge in [0.1, 0.15) is 6.04 Å². The number of nitrogens with one attached hydrogen (secondary N) is 2. The SMILES string of the molecule is CC(=O)Nc1cc(-c2ccc(=O)n([C@H](C)C(=O)Nc3cccc(Cl)c3C)n2)ccc1C. The highest BCUT2D eigenvalue weighted by Gasteiger charge is 2.19. The highest BCUT2D eigenvalue weighted by molar-refractivity contribution is 6.31. The summed E-state index contributed by atoms with van der Waals surface area (Å²) in [5.41, 5.74) is 3.69. The Labute approximate surface area is 185 Å². The van der Waals surface area contributed by atoms with Crippen LogP contribution >= 0.6 is 11.6 Å². The van der Waals surface area contributed by atoms with Crippen molar-refractivity contribution in [2.45, 2.75) is 33.7 Å². The predicted molar refractivity (Wildman–Crippen MR) is 123 cm³/mol. The molecule has 0 unspecified atom stereocenters. The lowest BCUT2D eigenvalue weighted by atomic mass is 10.1. The molecule has 31 heavy (non-hydrogen) atoms. The summed E-state index contributed by atoms with van der Waals surface area (Å²) in [6, 6.07) is 12.8. The van der Waals surface area contributed by atoms with Gasteiger partial charge in [-0.2, -0.15) is 5.10 Å². The van der Waals surface area contributed by atoms with Crippen LogP contribution in [0.5, 0.6) is 0 Å². The Balaban J connectivity index is 1.92. The molecule has 0 radical (unpaired) electrons. The lowest BCUT2D eigenvalue weighted by Crippen LogP contribution is -2.33. The van der Waals surface area contributed by atoms with Gasteiger partial charge < -0.3 is 10.6 Å². The number of hydrogen-bond donors (Lipinski definition) is 2. The van der Waals surface area contributed by atoms with Gasteiger partial charge in [0.2, 0.25) is 11.8 Å². The number of carbonyl (C=O) groups is 2. The molecule has 0 aliphatic heterocycles. The monoisotopic (exact) mass is 438 g/mol. The first-order chi connectivity index (χ1) is 14.7. The number of halogens is 1. The van der Waals surface area contributed by atoms with E-state index in [2.05, 4.69) is 15.7 Å². The van der Waals surface area contributed by atoms with Crippen LogP contribution in [0.15, 0.2) is 53.3 Å². The molecule has 8 heteroatoms. The Morgan fingerprint density at radius 2 is 1.77 bits per heavy atom. The van der Waals surface area contributed by atoms with E-state index in [4.69, 9.17) is 11.6 Å². The van der Waals surface area contributed by atoms with Crippen LogP contribution < -0.4 is 16.2 Å². The Morgan fingerprint density at radius 1 is 1.03 bits per heavy atom. The van der Waals surface area contributed by atoms with E-state index >= 15 is 0 Å². The van der Waals surface area contributed by atoms with Crippen LogP contribution in [-0.4, -0.2) is 21.6 Å². The van der Waals surface area contributed by atoms with E-state index in [1.807, 2.05) is 19.1 Å². The van der Waals surface area contributed by atoms with Gasteiger partial charge in [-0.3, -0.25) is 14.4 Å². The van der Waals surface area contributed by atoms with Gasteiger partial charge in [0.15, 0.2) is 0 Å². The van der Waals surface area contributed by atoms with Gasteiger partial charge in [0.05, 0.1) is 5.69 Å². The molecule has 0 spiro atoms. The van der Waals surface area contributed by atoms with Crippen molar-refractivity contribution < 1.29 is 9.59 Å². The lowest BCUT2D eigenvalue weighted by molar-refractivity contribution is -0.119. The first-order valence-electron chi connectivity index (χ1n) is 9.72. The van der Waals surface area contributed by atoms with Gasteiger partial charge in [-0.15, -0.1) is 0 Å². The van der Waals surface area contributed by atoms with Crippen LogP contribution in [0.4, 0.5) is 11.4 Å². The zero-order valence-corrected chi connectivity index (χ0v) is 18.4. The summed E-state index contributed by atoms with van der Waals surface area (Å²) in [6.07, 6.45) is 0. The van der Waals surface area contributed by atoms with Gasteiger partial charge in [-0.25, -0.2) is 4.68 Å². The molecule has 7 nitrogen and oxygen atoms in total. The third-order valence-electron chi connectivity index (χ3n) is 4.94. The molecule has 1 aromatic heterocycles. The average Bonchev–Trinajstić information content (AvgIpc) is 2.72. The lowest BCUT2D eigenvalue weighted by Gasteiger charge is -2.16. The fourth-order valence-electron chi connectivity index (χ4n) is 3.05. The highest BCUT2D eigenvalue weighted by atomic mass is 35.5. The van der Waals surface area contributed by atoms with Gasteiger partial charge in [-0.05, 0) is 56.2 Å². The van der Waals surface area contributed by atoms with Crippen LogP contribution in [0, 0.1) is 13.8 Å². The van der Waals surface area contributed by atoms with Gasteiger partial charge in [-0.1, -0.05) is 29.8 Å². The molecular formula is C23H23ClN4O3. The van der Waals surface area contributed by atoms with E-state index in [1.54, 1.807) is 44.2 Å². The summed E-state index contributed by atoms with van der Waals surface area (Å²) >= 11 is 6.12. The predicted octanol–water partition coefficient (Wildman–Crippen LogP) is 4.34. The minimum absolute atomic E-state index is 0.181. The van der Waals surface area contributed by atoms with E-state index in [9.17, 15) is 14.4 Å². The quantitative estimate of drug-likeness (QED) is 0.619. The van der Waals surface area contributed by atoms with Crippen molar-refractivity contribution in [3.8, 4) is 11.3 Å². The van der Waals surface area contributed by atoms with Crippen LogP contribution in [0.3, 0.4) is 0 Å². The number of amides is 2. The van der Waals surface area contributed by atoms with Gasteiger partial charge in [0, 0.05) is 35.0 Å². The van der Waals surface area contributed by atoms with Crippen molar-refractivity contribution in [2.24, 2.45) is 0 Å². The standard InChI is InChI=1S/C23H23ClN4O3/c1-13-8-9-17(12-21(13)25-16(4)29)20-10-11-22(30)28(27-20)15(3)23(31)26-19-7-5-6-18(24)14(19)2/h5-12,15H,1-4H3,(H,25,29)(H,26,31)/t15-/m1/s1. The third kappa shape index (κ3) is 5.00. The maximum Gasteiger partial charge on any atom is 0.267 e. The van der Waals surface area contributed by atoms with Crippen molar-refractivity contribution in [1.29, 1.82) is 0 Å². The maximum atomic E-state index is 12.8. The zero-order chi connectivity index (χ0) is 22.7. The third-order valence-corrected chi connectivity index (χ3v) is 5.35. The number of aryl methyl sites for hydroxylation is 1. The smallest absolute Gasteiger partial charge is 0.267 e. The first kappa shape index (κ1) is 22.2. The molecule has 160 valence electrons. The molecule has 0 aliphatic carbocycles. The van der Waals surface area contributed by atoms with E-state index in [1.165, 1.54) is 13.0 Å². The number of hydrogen-bond acceptors (Lipinski definition) is 4. The van der Waals surface area contributed by atoms with Crippen LogP contribution in [0.25, 0.3) is 11.3 Å². The molecule has 0 saturated heterocycles. The zero-order valence-electron chi connectivity index (χ0n) is 17.7. The van der Waals surface area contributed by atoms with Crippen molar-refractivity contribution in [3.63, 3.8) is 0 Å². The first-order valence-corrected chi connectivity index (χ1v) is 10.1. The van der Waals surface area contributed by atoms with Crippen LogP contribution in [0.2, 0.25) is 5.02 Å². The molecule has 0 saturated carbocycles. The second kappa shape index (κ2) is 9.14. The molecule has 0 aliphatic rings. The van der Waals surface area contributed by atoms with E-state index < -0.39 is 11.6 Å². The summed E-state index contributed by atoms with van der Waals surface area (Å²) in [5, 5.41) is 10.5. The number of rotatable bonds is 5. The second-order valence-electron chi connectivity index (χ2n) is 7.29. The minimum atomic E-state index is -0.855. The van der Waals surface area contributed by atoms with Gasteiger partial charge in [0.25, 0.3) is 5.56 Å². The van der Waals surface area contributed by atoms with Crippen molar-refractivity contribution in [1.82, 2.24) is 9.78 Å². The summed E-state index contributed by atoms with van der Waals surface area (Å²) < 4.78 is 1.14. The van der Waals surface area contributed by atoms with Crippen molar-refractivity contribution in [3.05, 3.63) is 75.0 Å². The Hall–Kier alpha value is -3.45. The molecule has 2 aromatic carbocycles. The summed E-state index contributed by atoms with van der Waals surface area (Å²) in [7, 11) is 0. The topological polar surface area (TPSA) is 93.1 Å². The average molecular weight is 439 g/mol. The summed E-state index contributed by atoms with van der Waals surface area (Å²) in [4.78, 5) is 36.7. The largest absolute Gasteiger partial charge is 0.326 e. The van der Waals surface area contributed by atoms with E-state index in [0.29, 0.717) is 27.7 Å². The molecule has 1 heterocycles. The van der Waals surface area contributed by atoms with E-state index in [0.717, 1.165) is 15.8 Å². The molecule has 3 aromatic rings. The molecule has 3 rings (SSSR count). The van der Waals surface area contributed by atoms with Gasteiger partial charge >= 0.3 is 0 Å². The normalized spacial score (nSPS) is 11.6. The molecule has 2 N–H and O–H groups in total. The Kier molecular flexibility index (Phi) is 6.56. The number of aromatic nitrogens is 2. The summed E-state index contributed by atoms with van der Waals surface area (Å²) in [5.74, 6) is -0.570. The molecule has 1 atom stereocenters. The number of anilines is 2. The number of nitrogens with zero attached hydrogens (tertiary/aromatic N) is 2. The fraction of sp³-hybridized carbons (Fsp3) is 0.217. The summed E-state index contributed by atoms with van der Waals surface area (Å²) in [6.45, 7) is 6.73. The minimum Gasteiger partial charge on any atom is -0.326 e. The van der Waals surface area contributed by atoms with Crippen molar-refractivity contribution >= 4 is 34.8 Å². The molecule has 0 fully saturated rings. The second-order valence-corrected chi connectivity index (χ2v) is 7.70. The Morgan fingerprint density at radius 3 is 2.48 bits per heavy atom. The van der Waals surface area contributed by atoms with E-state index in [-0.39, 0.29) is 11.8 Å². The maximum absolute atomic E-state index is 12.8. The number of benzene rings is 2. The number of carbonyl (C=O) groups excluding carboxylic acids is 2. The fourth-order valence-corrected chi connectivity index (χ4v) is 3.23. The van der Waals surface area contributed by atoms with Crippen LogP contribution in [0.1, 0.15) is 31.0 Å². The highest BCUT2D eigenvalue weighted by Crippen LogP contribution is 2.25. The Bertz CT molecular complexity index is 1220. The van der Waals surface area contributed by atoms with Crippen LogP contribution in [-0.2, 0) is 9.59 Å². The molecule has 2 amide bonds. The molecular weight excluding hydrogens is 416 g/mol. The van der Waals surface area contributed by atoms with Crippen molar-refractivity contribution in [2.75, 3.05) is 10.6 Å².